The first kappa shape index (κ1) is 11.6. The second kappa shape index (κ2) is 5.97. The van der Waals surface area contributed by atoms with E-state index in [-0.39, 0.29) is 0 Å². The predicted molar refractivity (Wildman–Crippen MR) is 66.3 cm³/mol. The Bertz CT molecular complexity index is 317. The number of hydrogen-bond donors (Lipinski definition) is 2. The largest absolute Gasteiger partial charge is 0.317 e. The average molecular weight is 219 g/mol. The van der Waals surface area contributed by atoms with Crippen LogP contribution >= 0.6 is 0 Å². The van der Waals surface area contributed by atoms with E-state index in [0.717, 1.165) is 24.5 Å². The number of aromatic nitrogens is 1. The summed E-state index contributed by atoms with van der Waals surface area (Å²) >= 11 is 0. The minimum atomic E-state index is 0.650. The molecule has 0 radical (unpaired) electrons. The quantitative estimate of drug-likeness (QED) is 0.811. The fourth-order valence-electron chi connectivity index (χ4n) is 2.17. The van der Waals surface area contributed by atoms with Crippen molar-refractivity contribution in [2.45, 2.75) is 38.8 Å². The van der Waals surface area contributed by atoms with Crippen LogP contribution in [0.4, 0.5) is 0 Å². The molecule has 16 heavy (non-hydrogen) atoms. The van der Waals surface area contributed by atoms with Gasteiger partial charge >= 0.3 is 0 Å². The van der Waals surface area contributed by atoms with Crippen LogP contribution in [0.25, 0.3) is 0 Å². The van der Waals surface area contributed by atoms with Gasteiger partial charge in [-0.25, -0.2) is 0 Å². The highest BCUT2D eigenvalue weighted by atomic mass is 15.0. The molecule has 0 bridgehead atoms. The zero-order chi connectivity index (χ0) is 11.2. The molecular formula is C13H21N3. The Kier molecular flexibility index (Phi) is 4.31. The normalized spacial score (nSPS) is 21.7. The van der Waals surface area contributed by atoms with Crippen molar-refractivity contribution in [2.75, 3.05) is 13.1 Å². The van der Waals surface area contributed by atoms with Crippen LogP contribution in [-0.4, -0.2) is 24.1 Å². The van der Waals surface area contributed by atoms with Crippen molar-refractivity contribution in [1.82, 2.24) is 15.6 Å². The number of nitrogens with zero attached hydrogens (tertiary/aromatic N) is 1. The van der Waals surface area contributed by atoms with E-state index in [0.29, 0.717) is 6.04 Å². The van der Waals surface area contributed by atoms with Crippen molar-refractivity contribution in [2.24, 2.45) is 0 Å². The van der Waals surface area contributed by atoms with Crippen molar-refractivity contribution in [3.63, 3.8) is 0 Å². The molecule has 0 spiro atoms. The van der Waals surface area contributed by atoms with Crippen molar-refractivity contribution in [3.8, 4) is 0 Å². The Balaban J connectivity index is 1.81. The number of rotatable bonds is 3. The third-order valence-corrected chi connectivity index (χ3v) is 3.09. The lowest BCUT2D eigenvalue weighted by Gasteiger charge is -2.15. The molecule has 2 heterocycles. The Hall–Kier alpha value is -0.930. The lowest BCUT2D eigenvalue weighted by molar-refractivity contribution is 0.465. The molecule has 3 nitrogen and oxygen atoms in total. The summed E-state index contributed by atoms with van der Waals surface area (Å²) in [4.78, 5) is 4.50. The fraction of sp³-hybridized carbons (Fsp3) is 0.615. The van der Waals surface area contributed by atoms with E-state index in [9.17, 15) is 0 Å². The summed E-state index contributed by atoms with van der Waals surface area (Å²) in [5.41, 5.74) is 2.25. The van der Waals surface area contributed by atoms with E-state index in [2.05, 4.69) is 27.8 Å². The lowest BCUT2D eigenvalue weighted by atomic mass is 10.1. The summed E-state index contributed by atoms with van der Waals surface area (Å²) in [5, 5.41) is 7.03. The maximum atomic E-state index is 4.50. The number of pyridine rings is 1. The second-order valence-electron chi connectivity index (χ2n) is 4.53. The van der Waals surface area contributed by atoms with Gasteiger partial charge in [0.25, 0.3) is 0 Å². The van der Waals surface area contributed by atoms with Gasteiger partial charge in [-0.3, -0.25) is 4.98 Å². The van der Waals surface area contributed by atoms with Crippen molar-refractivity contribution >= 4 is 0 Å². The smallest absolute Gasteiger partial charge is 0.0544 e. The number of nitrogens with one attached hydrogen (secondary N) is 2. The zero-order valence-electron chi connectivity index (χ0n) is 10.00. The van der Waals surface area contributed by atoms with Crippen molar-refractivity contribution in [1.29, 1.82) is 0 Å². The van der Waals surface area contributed by atoms with Gasteiger partial charge in [0.2, 0.25) is 0 Å². The Morgan fingerprint density at radius 2 is 2.31 bits per heavy atom. The van der Waals surface area contributed by atoms with Crippen LogP contribution in [0.5, 0.6) is 0 Å². The molecule has 0 saturated carbocycles. The molecule has 0 aromatic carbocycles. The standard InChI is InChI=1S/C13H21N3/c1-11-4-2-5-13(16-11)10-15-12-6-3-8-14-9-7-12/h2,4-5,12,14-15H,3,6-10H2,1H3. The molecular weight excluding hydrogens is 198 g/mol. The van der Waals surface area contributed by atoms with Gasteiger partial charge in [-0.05, 0) is 51.4 Å². The average Bonchev–Trinajstić information content (AvgIpc) is 2.55. The van der Waals surface area contributed by atoms with Crippen LogP contribution in [0.15, 0.2) is 18.2 Å². The highest BCUT2D eigenvalue weighted by molar-refractivity contribution is 5.09. The first-order valence-electron chi connectivity index (χ1n) is 6.21. The van der Waals surface area contributed by atoms with Gasteiger partial charge in [-0.1, -0.05) is 6.07 Å². The first-order chi connectivity index (χ1) is 7.84. The second-order valence-corrected chi connectivity index (χ2v) is 4.53. The summed E-state index contributed by atoms with van der Waals surface area (Å²) in [6.07, 6.45) is 3.78. The molecule has 1 aliphatic heterocycles. The lowest BCUT2D eigenvalue weighted by Crippen LogP contribution is -2.29. The van der Waals surface area contributed by atoms with Crippen LogP contribution < -0.4 is 10.6 Å². The van der Waals surface area contributed by atoms with Gasteiger partial charge in [-0.15, -0.1) is 0 Å². The van der Waals surface area contributed by atoms with Crippen LogP contribution in [-0.2, 0) is 6.54 Å². The van der Waals surface area contributed by atoms with Gasteiger partial charge in [0.15, 0.2) is 0 Å². The molecule has 1 fully saturated rings. The molecule has 1 saturated heterocycles. The summed E-state index contributed by atoms with van der Waals surface area (Å²) in [5.74, 6) is 0. The Morgan fingerprint density at radius 3 is 3.19 bits per heavy atom. The highest BCUT2D eigenvalue weighted by Gasteiger charge is 2.10. The van der Waals surface area contributed by atoms with E-state index >= 15 is 0 Å². The van der Waals surface area contributed by atoms with E-state index in [4.69, 9.17) is 0 Å². The van der Waals surface area contributed by atoms with E-state index in [1.165, 1.54) is 25.8 Å². The molecule has 3 heteroatoms. The van der Waals surface area contributed by atoms with Crippen molar-refractivity contribution < 1.29 is 0 Å². The number of hydrogen-bond acceptors (Lipinski definition) is 3. The molecule has 0 amide bonds. The molecule has 1 aliphatic rings. The number of aryl methyl sites for hydroxylation is 1. The van der Waals surface area contributed by atoms with E-state index in [1.807, 2.05) is 13.0 Å². The molecule has 1 unspecified atom stereocenters. The summed E-state index contributed by atoms with van der Waals surface area (Å²) in [6.45, 7) is 5.24. The zero-order valence-corrected chi connectivity index (χ0v) is 10.00. The van der Waals surface area contributed by atoms with Gasteiger partial charge in [0.05, 0.1) is 5.69 Å². The predicted octanol–water partition coefficient (Wildman–Crippen LogP) is 1.62. The summed E-state index contributed by atoms with van der Waals surface area (Å²) in [7, 11) is 0. The first-order valence-corrected chi connectivity index (χ1v) is 6.21. The maximum absolute atomic E-state index is 4.50. The Morgan fingerprint density at radius 1 is 1.38 bits per heavy atom. The molecule has 1 aromatic heterocycles. The molecule has 2 N–H and O–H groups in total. The minimum Gasteiger partial charge on any atom is -0.317 e. The minimum absolute atomic E-state index is 0.650. The van der Waals surface area contributed by atoms with E-state index < -0.39 is 0 Å². The van der Waals surface area contributed by atoms with Crippen LogP contribution in [0.2, 0.25) is 0 Å². The van der Waals surface area contributed by atoms with E-state index in [1.54, 1.807) is 0 Å². The topological polar surface area (TPSA) is 37.0 Å². The van der Waals surface area contributed by atoms with Crippen LogP contribution in [0.1, 0.15) is 30.7 Å². The molecule has 2 rings (SSSR count). The maximum Gasteiger partial charge on any atom is 0.0544 e. The van der Waals surface area contributed by atoms with Gasteiger partial charge in [-0.2, -0.15) is 0 Å². The van der Waals surface area contributed by atoms with Gasteiger partial charge in [0, 0.05) is 18.3 Å². The summed E-state index contributed by atoms with van der Waals surface area (Å²) < 4.78 is 0. The molecule has 0 aliphatic carbocycles. The highest BCUT2D eigenvalue weighted by Crippen LogP contribution is 2.06. The van der Waals surface area contributed by atoms with Gasteiger partial charge < -0.3 is 10.6 Å². The van der Waals surface area contributed by atoms with Crippen LogP contribution in [0.3, 0.4) is 0 Å². The molecule has 1 atom stereocenters. The molecule has 1 aromatic rings. The monoisotopic (exact) mass is 219 g/mol. The van der Waals surface area contributed by atoms with Crippen LogP contribution in [0, 0.1) is 6.92 Å². The fourth-order valence-corrected chi connectivity index (χ4v) is 2.17. The molecule has 88 valence electrons. The summed E-state index contributed by atoms with van der Waals surface area (Å²) in [6, 6.07) is 6.86. The third-order valence-electron chi connectivity index (χ3n) is 3.09. The Labute approximate surface area is 97.7 Å². The van der Waals surface area contributed by atoms with Crippen molar-refractivity contribution in [3.05, 3.63) is 29.6 Å². The third kappa shape index (κ3) is 3.58. The SMILES string of the molecule is Cc1cccc(CNC2CCCNCC2)n1. The van der Waals surface area contributed by atoms with Gasteiger partial charge in [0.1, 0.15) is 0 Å².